The molecule has 0 aliphatic rings. The van der Waals surface area contributed by atoms with Crippen LogP contribution in [0, 0.1) is 11.1 Å². The first-order valence-electron chi connectivity index (χ1n) is 2.73. The second-order valence-electron chi connectivity index (χ2n) is 2.18. The van der Waals surface area contributed by atoms with Crippen molar-refractivity contribution in [2.45, 2.75) is 13.8 Å². The third kappa shape index (κ3) is 3.68. The fourth-order valence-corrected chi connectivity index (χ4v) is 0.434. The molecule has 0 heterocycles. The summed E-state index contributed by atoms with van der Waals surface area (Å²) in [6.07, 6.45) is 1.29. The highest BCUT2D eigenvalue weighted by molar-refractivity contribution is 4.71. The number of hydrogen-bond donors (Lipinski definition) is 0. The quantitative estimate of drug-likeness (QED) is 0.521. The maximum Gasteiger partial charge on any atom is 0.00751 e. The molecule has 0 bridgehead atoms. The first kappa shape index (κ1) is 7.50. The summed E-state index contributed by atoms with van der Waals surface area (Å²) in [7, 11) is 0. The van der Waals surface area contributed by atoms with Crippen molar-refractivity contribution in [3.05, 3.63) is 18.0 Å². The van der Waals surface area contributed by atoms with Crippen molar-refractivity contribution >= 4 is 0 Å². The van der Waals surface area contributed by atoms with E-state index in [1.54, 1.807) is 0 Å². The summed E-state index contributed by atoms with van der Waals surface area (Å²) in [6, 6.07) is 0. The van der Waals surface area contributed by atoms with Crippen molar-refractivity contribution in [1.29, 1.82) is 0 Å². The molecule has 0 rings (SSSR count). The molecule has 0 atom stereocenters. The molecule has 0 fully saturated rings. The summed E-state index contributed by atoms with van der Waals surface area (Å²) in [5.74, 6) is 0.422. The lowest BCUT2D eigenvalue weighted by atomic mass is 10.2. The van der Waals surface area contributed by atoms with Gasteiger partial charge in [-0.05, 0) is 12.1 Å². The second kappa shape index (κ2) is 3.50. The molecule has 0 aliphatic carbocycles. The first-order chi connectivity index (χ1) is 3.66. The molecule has 0 spiro atoms. The highest BCUT2D eigenvalue weighted by Gasteiger charge is 1.89. The molecule has 0 amide bonds. The van der Waals surface area contributed by atoms with Crippen molar-refractivity contribution in [1.82, 2.24) is 5.06 Å². The Balaban J connectivity index is 3.23. The monoisotopic (exact) mass is 114 g/mol. The molecular weight excluding hydrogens is 102 g/mol. The van der Waals surface area contributed by atoms with E-state index in [1.165, 1.54) is 6.20 Å². The fourth-order valence-electron chi connectivity index (χ4n) is 0.434. The lowest BCUT2D eigenvalue weighted by molar-refractivity contribution is 0.427. The van der Waals surface area contributed by atoms with Crippen LogP contribution in [0.3, 0.4) is 0 Å². The van der Waals surface area contributed by atoms with Crippen LogP contribution in [-0.2, 0) is 0 Å². The zero-order valence-electron chi connectivity index (χ0n) is 5.42. The molecule has 0 saturated heterocycles. The molecule has 2 heteroatoms. The van der Waals surface area contributed by atoms with Crippen LogP contribution in [0.15, 0.2) is 12.8 Å². The first-order valence-corrected chi connectivity index (χ1v) is 2.73. The van der Waals surface area contributed by atoms with Gasteiger partial charge in [0.1, 0.15) is 0 Å². The summed E-state index contributed by atoms with van der Waals surface area (Å²) in [6.45, 7) is 7.86. The van der Waals surface area contributed by atoms with E-state index in [4.69, 9.17) is 0 Å². The van der Waals surface area contributed by atoms with E-state index in [-0.39, 0.29) is 0 Å². The van der Waals surface area contributed by atoms with Gasteiger partial charge in [0.05, 0.1) is 0 Å². The van der Waals surface area contributed by atoms with Gasteiger partial charge in [0, 0.05) is 6.54 Å². The smallest absolute Gasteiger partial charge is 0.00751 e. The van der Waals surface area contributed by atoms with Crippen molar-refractivity contribution in [3.63, 3.8) is 0 Å². The molecule has 0 saturated carbocycles. The summed E-state index contributed by atoms with van der Waals surface area (Å²) in [5, 5.41) is 11.3. The Kier molecular flexibility index (Phi) is 3.28. The normalized spacial score (nSPS) is 9.50. The van der Waals surface area contributed by atoms with E-state index in [2.05, 4.69) is 6.58 Å². The van der Waals surface area contributed by atoms with Gasteiger partial charge in [-0.2, -0.15) is 0 Å². The van der Waals surface area contributed by atoms with E-state index < -0.39 is 0 Å². The Morgan fingerprint density at radius 2 is 2.25 bits per heavy atom. The molecular formula is C6H12NO-. The van der Waals surface area contributed by atoms with Gasteiger partial charge in [-0.3, -0.25) is 0 Å². The lowest BCUT2D eigenvalue weighted by Crippen LogP contribution is -2.14. The minimum atomic E-state index is 0.422. The summed E-state index contributed by atoms with van der Waals surface area (Å²) in [5.41, 5.74) is 0. The average Bonchev–Trinajstić information content (AvgIpc) is 1.65. The predicted molar refractivity (Wildman–Crippen MR) is 35.1 cm³/mol. The van der Waals surface area contributed by atoms with Crippen LogP contribution in [0.1, 0.15) is 13.8 Å². The largest absolute Gasteiger partial charge is 0.759 e. The van der Waals surface area contributed by atoms with Gasteiger partial charge in [-0.25, -0.2) is 0 Å². The summed E-state index contributed by atoms with van der Waals surface area (Å²) in [4.78, 5) is 0. The van der Waals surface area contributed by atoms with Crippen LogP contribution >= 0.6 is 0 Å². The molecule has 0 unspecified atom stereocenters. The number of hydrogen-bond acceptors (Lipinski definition) is 2. The van der Waals surface area contributed by atoms with Gasteiger partial charge >= 0.3 is 0 Å². The average molecular weight is 114 g/mol. The zero-order valence-corrected chi connectivity index (χ0v) is 5.42. The minimum absolute atomic E-state index is 0.422. The topological polar surface area (TPSA) is 26.3 Å². The van der Waals surface area contributed by atoms with Crippen LogP contribution < -0.4 is 0 Å². The van der Waals surface area contributed by atoms with Crippen molar-refractivity contribution in [3.8, 4) is 0 Å². The zero-order chi connectivity index (χ0) is 6.57. The third-order valence-corrected chi connectivity index (χ3v) is 0.749. The molecule has 48 valence electrons. The molecule has 0 aromatic heterocycles. The molecule has 0 aromatic rings. The molecule has 0 aromatic carbocycles. The Labute approximate surface area is 50.4 Å². The van der Waals surface area contributed by atoms with Gasteiger partial charge < -0.3 is 10.3 Å². The van der Waals surface area contributed by atoms with Gasteiger partial charge in [-0.1, -0.05) is 20.4 Å². The van der Waals surface area contributed by atoms with Gasteiger partial charge in [0.15, 0.2) is 0 Å². The number of hydroxylamine groups is 2. The van der Waals surface area contributed by atoms with Crippen LogP contribution in [-0.4, -0.2) is 11.6 Å². The number of nitrogens with zero attached hydrogens (tertiary/aromatic N) is 1. The standard InChI is InChI=1S/C6H12NO/c1-4-7(8)5-6(2)3/h4,6H,1,5H2,2-3H3/q-1. The van der Waals surface area contributed by atoms with E-state index >= 15 is 0 Å². The number of rotatable bonds is 3. The van der Waals surface area contributed by atoms with Crippen LogP contribution in [0.25, 0.3) is 0 Å². The Morgan fingerprint density at radius 3 is 2.38 bits per heavy atom. The lowest BCUT2D eigenvalue weighted by Gasteiger charge is -2.27. The van der Waals surface area contributed by atoms with E-state index in [0.717, 1.165) is 5.06 Å². The van der Waals surface area contributed by atoms with Crippen LogP contribution in [0.4, 0.5) is 0 Å². The van der Waals surface area contributed by atoms with Gasteiger partial charge in [0.25, 0.3) is 0 Å². The fraction of sp³-hybridized carbons (Fsp3) is 0.667. The highest BCUT2D eigenvalue weighted by Crippen LogP contribution is 1.94. The third-order valence-electron chi connectivity index (χ3n) is 0.749. The maximum absolute atomic E-state index is 10.4. The maximum atomic E-state index is 10.4. The van der Waals surface area contributed by atoms with Crippen molar-refractivity contribution in [2.24, 2.45) is 5.92 Å². The van der Waals surface area contributed by atoms with Gasteiger partial charge in [0.2, 0.25) is 0 Å². The molecule has 2 nitrogen and oxygen atoms in total. The van der Waals surface area contributed by atoms with E-state index in [0.29, 0.717) is 12.5 Å². The summed E-state index contributed by atoms with van der Waals surface area (Å²) >= 11 is 0. The van der Waals surface area contributed by atoms with Crippen molar-refractivity contribution < 1.29 is 0 Å². The summed E-state index contributed by atoms with van der Waals surface area (Å²) < 4.78 is 0. The Hall–Kier alpha value is -0.500. The Morgan fingerprint density at radius 1 is 1.75 bits per heavy atom. The molecule has 0 aliphatic heterocycles. The van der Waals surface area contributed by atoms with Crippen molar-refractivity contribution in [2.75, 3.05) is 6.54 Å². The van der Waals surface area contributed by atoms with E-state index in [1.807, 2.05) is 13.8 Å². The Bertz CT molecular complexity index is 70.9. The van der Waals surface area contributed by atoms with Crippen LogP contribution in [0.2, 0.25) is 0 Å². The predicted octanol–water partition coefficient (Wildman–Crippen LogP) is 1.59. The minimum Gasteiger partial charge on any atom is -0.759 e. The molecule has 8 heavy (non-hydrogen) atoms. The highest BCUT2D eigenvalue weighted by atomic mass is 16.5. The molecule has 0 radical (unpaired) electrons. The van der Waals surface area contributed by atoms with E-state index in [9.17, 15) is 5.21 Å². The SMILES string of the molecule is C=CN([O-])CC(C)C. The van der Waals surface area contributed by atoms with Crippen LogP contribution in [0.5, 0.6) is 0 Å². The second-order valence-corrected chi connectivity index (χ2v) is 2.18. The molecule has 0 N–H and O–H groups in total. The van der Waals surface area contributed by atoms with Gasteiger partial charge in [-0.15, -0.1) is 0 Å².